The summed E-state index contributed by atoms with van der Waals surface area (Å²) in [4.78, 5) is 33.0. The first-order valence-corrected chi connectivity index (χ1v) is 11.5. The van der Waals surface area contributed by atoms with E-state index in [1.807, 2.05) is 6.92 Å². The highest BCUT2D eigenvalue weighted by molar-refractivity contribution is 6.05. The SMILES string of the molecule is CC(=O)Nc1cccn2c(-c3cc(C(=O)Nc4cc(-n5ccnc5)cc(C(F)(F)F)c4)ccc3C)cnc12. The molecule has 11 heteroatoms. The lowest BCUT2D eigenvalue weighted by Gasteiger charge is -2.14. The summed E-state index contributed by atoms with van der Waals surface area (Å²) >= 11 is 0. The molecular weight excluding hydrogens is 497 g/mol. The van der Waals surface area contributed by atoms with Crippen LogP contribution in [0.3, 0.4) is 0 Å². The molecule has 2 aromatic carbocycles. The van der Waals surface area contributed by atoms with Crippen molar-refractivity contribution in [1.29, 1.82) is 0 Å². The lowest BCUT2D eigenvalue weighted by molar-refractivity contribution is -0.137. The summed E-state index contributed by atoms with van der Waals surface area (Å²) in [6, 6.07) is 11.8. The molecule has 0 aliphatic heterocycles. The number of nitrogens with one attached hydrogen (secondary N) is 2. The molecule has 0 atom stereocenters. The highest BCUT2D eigenvalue weighted by Gasteiger charge is 2.31. The number of pyridine rings is 1. The number of aromatic nitrogens is 4. The molecular formula is C27H21F3N6O2. The molecule has 0 bridgehead atoms. The van der Waals surface area contributed by atoms with Crippen LogP contribution in [-0.4, -0.2) is 30.8 Å². The monoisotopic (exact) mass is 518 g/mol. The van der Waals surface area contributed by atoms with Crippen LogP contribution in [0.15, 0.2) is 79.6 Å². The van der Waals surface area contributed by atoms with Crippen LogP contribution in [0.4, 0.5) is 24.5 Å². The predicted molar refractivity (Wildman–Crippen MR) is 136 cm³/mol. The maximum atomic E-state index is 13.6. The van der Waals surface area contributed by atoms with Crippen molar-refractivity contribution < 1.29 is 22.8 Å². The van der Waals surface area contributed by atoms with E-state index in [0.29, 0.717) is 22.6 Å². The Labute approximate surface area is 214 Å². The standard InChI is InChI=1S/C27H21F3N6O2/c1-16-5-6-18(10-22(16)24-14-32-25-23(33-17(2)37)4-3-8-36(24)25)26(38)34-20-11-19(27(28,29)30)12-21(13-20)35-9-7-31-15-35/h3-15H,1-2H3,(H,33,37)(H,34,38). The number of imidazole rings is 2. The second kappa shape index (κ2) is 9.51. The van der Waals surface area contributed by atoms with Gasteiger partial charge in [0.05, 0.1) is 29.5 Å². The third-order valence-electron chi connectivity index (χ3n) is 5.93. The van der Waals surface area contributed by atoms with Gasteiger partial charge >= 0.3 is 6.18 Å². The van der Waals surface area contributed by atoms with Crippen LogP contribution >= 0.6 is 0 Å². The Morgan fingerprint density at radius 2 is 1.82 bits per heavy atom. The summed E-state index contributed by atoms with van der Waals surface area (Å²) in [5, 5.41) is 5.33. The summed E-state index contributed by atoms with van der Waals surface area (Å²) in [6.07, 6.45) is 3.16. The number of nitrogens with zero attached hydrogens (tertiary/aromatic N) is 4. The zero-order valence-electron chi connectivity index (χ0n) is 20.2. The summed E-state index contributed by atoms with van der Waals surface area (Å²) in [5.41, 5.74) is 2.86. The Balaban J connectivity index is 1.50. The predicted octanol–water partition coefficient (Wildman–Crippen LogP) is 5.72. The third-order valence-corrected chi connectivity index (χ3v) is 5.93. The minimum Gasteiger partial charge on any atom is -0.323 e. The van der Waals surface area contributed by atoms with Crippen molar-refractivity contribution in [3.8, 4) is 16.9 Å². The molecule has 0 unspecified atom stereocenters. The van der Waals surface area contributed by atoms with Gasteiger partial charge in [0.15, 0.2) is 5.65 Å². The average molecular weight is 518 g/mol. The number of carbonyl (C=O) groups is 2. The number of alkyl halides is 3. The van der Waals surface area contributed by atoms with E-state index in [2.05, 4.69) is 20.6 Å². The lowest BCUT2D eigenvalue weighted by Crippen LogP contribution is -2.14. The van der Waals surface area contributed by atoms with E-state index in [9.17, 15) is 22.8 Å². The normalized spacial score (nSPS) is 11.5. The molecule has 0 aliphatic rings. The minimum absolute atomic E-state index is 0.00889. The van der Waals surface area contributed by atoms with Crippen LogP contribution in [0.2, 0.25) is 0 Å². The number of hydrogen-bond donors (Lipinski definition) is 2. The quantitative estimate of drug-likeness (QED) is 0.311. The fourth-order valence-electron chi connectivity index (χ4n) is 4.15. The maximum Gasteiger partial charge on any atom is 0.416 e. The number of amides is 2. The molecule has 2 N–H and O–H groups in total. The van der Waals surface area contributed by atoms with Gasteiger partial charge in [-0.1, -0.05) is 6.07 Å². The fourth-order valence-corrected chi connectivity index (χ4v) is 4.15. The van der Waals surface area contributed by atoms with Gasteiger partial charge in [-0.15, -0.1) is 0 Å². The van der Waals surface area contributed by atoms with Crippen LogP contribution < -0.4 is 10.6 Å². The average Bonchev–Trinajstić information content (AvgIpc) is 3.54. The molecule has 5 aromatic rings. The lowest BCUT2D eigenvalue weighted by atomic mass is 10.0. The Kier molecular flexibility index (Phi) is 6.19. The van der Waals surface area contributed by atoms with Gasteiger partial charge in [0.2, 0.25) is 5.91 Å². The molecule has 38 heavy (non-hydrogen) atoms. The number of benzene rings is 2. The van der Waals surface area contributed by atoms with Crippen molar-refractivity contribution >= 4 is 28.8 Å². The molecule has 0 spiro atoms. The van der Waals surface area contributed by atoms with E-state index < -0.39 is 17.6 Å². The number of carbonyl (C=O) groups excluding carboxylic acids is 2. The zero-order chi connectivity index (χ0) is 27.0. The first kappa shape index (κ1) is 24.8. The van der Waals surface area contributed by atoms with Crippen LogP contribution in [0.5, 0.6) is 0 Å². The molecule has 3 heterocycles. The van der Waals surface area contributed by atoms with Gasteiger partial charge < -0.3 is 15.2 Å². The van der Waals surface area contributed by atoms with E-state index >= 15 is 0 Å². The van der Waals surface area contributed by atoms with Crippen molar-refractivity contribution in [2.24, 2.45) is 0 Å². The van der Waals surface area contributed by atoms with E-state index in [1.165, 1.54) is 36.3 Å². The molecule has 0 saturated carbocycles. The van der Waals surface area contributed by atoms with Gasteiger partial charge in [0, 0.05) is 48.0 Å². The molecule has 0 aliphatic carbocycles. The smallest absolute Gasteiger partial charge is 0.323 e. The largest absolute Gasteiger partial charge is 0.416 e. The maximum absolute atomic E-state index is 13.6. The fraction of sp³-hybridized carbons (Fsp3) is 0.111. The number of hydrogen-bond acceptors (Lipinski definition) is 4. The van der Waals surface area contributed by atoms with Crippen molar-refractivity contribution in [3.05, 3.63) is 96.3 Å². The number of halogens is 3. The van der Waals surface area contributed by atoms with Crippen molar-refractivity contribution in [2.45, 2.75) is 20.0 Å². The van der Waals surface area contributed by atoms with Crippen molar-refractivity contribution in [3.63, 3.8) is 0 Å². The van der Waals surface area contributed by atoms with E-state index in [0.717, 1.165) is 17.7 Å². The topological polar surface area (TPSA) is 93.3 Å². The first-order chi connectivity index (χ1) is 18.1. The van der Waals surface area contributed by atoms with Gasteiger partial charge in [-0.05, 0) is 55.0 Å². The van der Waals surface area contributed by atoms with E-state index in [4.69, 9.17) is 0 Å². The highest BCUT2D eigenvalue weighted by Crippen LogP contribution is 2.33. The second-order valence-electron chi connectivity index (χ2n) is 8.66. The van der Waals surface area contributed by atoms with Gasteiger partial charge in [-0.2, -0.15) is 13.2 Å². The Bertz CT molecular complexity index is 1670. The summed E-state index contributed by atoms with van der Waals surface area (Å²) in [7, 11) is 0. The summed E-state index contributed by atoms with van der Waals surface area (Å²) in [5.74, 6) is -0.807. The van der Waals surface area contributed by atoms with E-state index in [-0.39, 0.29) is 22.8 Å². The Morgan fingerprint density at radius 3 is 2.53 bits per heavy atom. The minimum atomic E-state index is -4.60. The van der Waals surface area contributed by atoms with Crippen LogP contribution in [-0.2, 0) is 11.0 Å². The molecule has 0 radical (unpaired) electrons. The van der Waals surface area contributed by atoms with Crippen molar-refractivity contribution in [2.75, 3.05) is 10.6 Å². The molecule has 5 rings (SSSR count). The van der Waals surface area contributed by atoms with Gasteiger partial charge in [-0.3, -0.25) is 14.0 Å². The zero-order valence-corrected chi connectivity index (χ0v) is 20.2. The molecule has 3 aromatic heterocycles. The highest BCUT2D eigenvalue weighted by atomic mass is 19.4. The molecule has 192 valence electrons. The van der Waals surface area contributed by atoms with Crippen molar-refractivity contribution in [1.82, 2.24) is 18.9 Å². The molecule has 0 saturated heterocycles. The number of fused-ring (bicyclic) bond motifs is 1. The Morgan fingerprint density at radius 1 is 1.00 bits per heavy atom. The summed E-state index contributed by atoms with van der Waals surface area (Å²) in [6.45, 7) is 3.28. The van der Waals surface area contributed by atoms with E-state index in [1.54, 1.807) is 47.1 Å². The molecule has 8 nitrogen and oxygen atoms in total. The molecule has 0 fully saturated rings. The van der Waals surface area contributed by atoms with Crippen LogP contribution in [0, 0.1) is 6.92 Å². The molecule has 2 amide bonds. The Hall–Kier alpha value is -4.93. The second-order valence-corrected chi connectivity index (χ2v) is 8.66. The summed E-state index contributed by atoms with van der Waals surface area (Å²) < 4.78 is 43.9. The van der Waals surface area contributed by atoms with Gasteiger partial charge in [0.25, 0.3) is 5.91 Å². The number of anilines is 2. The first-order valence-electron chi connectivity index (χ1n) is 11.5. The van der Waals surface area contributed by atoms with Gasteiger partial charge in [0.1, 0.15) is 0 Å². The number of rotatable bonds is 5. The third kappa shape index (κ3) is 4.85. The van der Waals surface area contributed by atoms with Gasteiger partial charge in [-0.25, -0.2) is 9.97 Å². The van der Waals surface area contributed by atoms with Crippen LogP contribution in [0.25, 0.3) is 22.6 Å². The number of aryl methyl sites for hydroxylation is 1. The van der Waals surface area contributed by atoms with Crippen LogP contribution in [0.1, 0.15) is 28.4 Å².